The molecule has 5 rings (SSSR count). The molecule has 3 heterocycles. The van der Waals surface area contributed by atoms with Crippen molar-refractivity contribution in [3.05, 3.63) is 76.8 Å². The maximum atomic E-state index is 5.37. The zero-order chi connectivity index (χ0) is 18.5. The number of likely N-dealkylation sites (N-methyl/N-ethyl adjacent to an activating group) is 1. The van der Waals surface area contributed by atoms with Crippen molar-refractivity contribution in [2.45, 2.75) is 26.3 Å². The van der Waals surface area contributed by atoms with Gasteiger partial charge in [0.1, 0.15) is 5.76 Å². The number of hydrogen-bond donors (Lipinski definition) is 1. The quantitative estimate of drug-likeness (QED) is 0.548. The lowest BCUT2D eigenvalue weighted by molar-refractivity contribution is 0.294. The minimum atomic E-state index is 0.352. The first-order valence-electron chi connectivity index (χ1n) is 9.42. The van der Waals surface area contributed by atoms with Gasteiger partial charge < -0.3 is 14.4 Å². The smallest absolute Gasteiger partial charge is 0.141 e. The highest BCUT2D eigenvalue weighted by Crippen LogP contribution is 2.37. The number of rotatable bonds is 2. The van der Waals surface area contributed by atoms with Crippen LogP contribution >= 0.6 is 0 Å². The van der Waals surface area contributed by atoms with Gasteiger partial charge in [-0.1, -0.05) is 35.5 Å². The van der Waals surface area contributed by atoms with E-state index in [9.17, 15) is 0 Å². The Bertz CT molecular complexity index is 1090. The van der Waals surface area contributed by atoms with Crippen LogP contribution in [0.15, 0.2) is 53.1 Å². The van der Waals surface area contributed by atoms with Gasteiger partial charge in [0.25, 0.3) is 0 Å². The number of H-pyrrole nitrogens is 1. The first kappa shape index (κ1) is 16.3. The molecular formula is C23H23N3O. The van der Waals surface area contributed by atoms with E-state index in [1.54, 1.807) is 0 Å². The van der Waals surface area contributed by atoms with E-state index in [0.29, 0.717) is 5.92 Å². The summed E-state index contributed by atoms with van der Waals surface area (Å²) in [6, 6.07) is 17.6. The van der Waals surface area contributed by atoms with Gasteiger partial charge in [-0.3, -0.25) is 0 Å². The Morgan fingerprint density at radius 2 is 1.96 bits per heavy atom. The number of nitrogens with one attached hydrogen (secondary N) is 1. The summed E-state index contributed by atoms with van der Waals surface area (Å²) in [7, 11) is 2.20. The van der Waals surface area contributed by atoms with Crippen molar-refractivity contribution in [2.75, 3.05) is 13.6 Å². The van der Waals surface area contributed by atoms with Crippen molar-refractivity contribution in [2.24, 2.45) is 0 Å². The van der Waals surface area contributed by atoms with Crippen LogP contribution in [-0.4, -0.2) is 28.6 Å². The molecule has 0 saturated carbocycles. The Balaban J connectivity index is 1.61. The van der Waals surface area contributed by atoms with E-state index in [1.165, 1.54) is 33.3 Å². The van der Waals surface area contributed by atoms with E-state index in [0.717, 1.165) is 30.1 Å². The third-order valence-electron chi connectivity index (χ3n) is 5.70. The normalized spacial score (nSPS) is 17.4. The molecule has 4 nitrogen and oxygen atoms in total. The second-order valence-electron chi connectivity index (χ2n) is 7.67. The fourth-order valence-corrected chi connectivity index (χ4v) is 4.45. The molecule has 1 N–H and O–H groups in total. The van der Waals surface area contributed by atoms with Crippen LogP contribution in [0.3, 0.4) is 0 Å². The number of benzene rings is 2. The SMILES string of the molecule is Cc1noc(C)c1-c1ccc2c(c1)CN(C)CC2c1cc2ccccc2[nH]1. The van der Waals surface area contributed by atoms with Gasteiger partial charge >= 0.3 is 0 Å². The summed E-state index contributed by atoms with van der Waals surface area (Å²) in [5, 5.41) is 5.39. The van der Waals surface area contributed by atoms with Crippen LogP contribution < -0.4 is 0 Å². The molecule has 0 saturated heterocycles. The van der Waals surface area contributed by atoms with Crippen LogP contribution in [0.5, 0.6) is 0 Å². The maximum Gasteiger partial charge on any atom is 0.141 e. The zero-order valence-corrected chi connectivity index (χ0v) is 15.9. The van der Waals surface area contributed by atoms with Gasteiger partial charge in [-0.05, 0) is 61.2 Å². The summed E-state index contributed by atoms with van der Waals surface area (Å²) >= 11 is 0. The van der Waals surface area contributed by atoms with E-state index in [4.69, 9.17) is 4.52 Å². The second kappa shape index (κ2) is 6.10. The lowest BCUT2D eigenvalue weighted by Gasteiger charge is -2.32. The summed E-state index contributed by atoms with van der Waals surface area (Å²) in [6.45, 7) is 5.96. The van der Waals surface area contributed by atoms with E-state index in [2.05, 4.69) is 70.6 Å². The highest BCUT2D eigenvalue weighted by atomic mass is 16.5. The monoisotopic (exact) mass is 357 g/mol. The van der Waals surface area contributed by atoms with Crippen LogP contribution in [0.4, 0.5) is 0 Å². The van der Waals surface area contributed by atoms with Crippen molar-refractivity contribution < 1.29 is 4.52 Å². The number of aryl methyl sites for hydroxylation is 2. The molecule has 136 valence electrons. The highest BCUT2D eigenvalue weighted by molar-refractivity contribution is 5.80. The van der Waals surface area contributed by atoms with Crippen LogP contribution in [0.1, 0.15) is 34.2 Å². The molecule has 0 fully saturated rings. The van der Waals surface area contributed by atoms with E-state index >= 15 is 0 Å². The van der Waals surface area contributed by atoms with Crippen molar-refractivity contribution >= 4 is 10.9 Å². The van der Waals surface area contributed by atoms with Gasteiger partial charge in [0, 0.05) is 35.8 Å². The lowest BCUT2D eigenvalue weighted by atomic mass is 9.85. The number of nitrogens with zero attached hydrogens (tertiary/aromatic N) is 2. The summed E-state index contributed by atoms with van der Waals surface area (Å²) in [4.78, 5) is 6.03. The zero-order valence-electron chi connectivity index (χ0n) is 15.9. The lowest BCUT2D eigenvalue weighted by Crippen LogP contribution is -2.31. The van der Waals surface area contributed by atoms with Crippen LogP contribution in [0, 0.1) is 13.8 Å². The van der Waals surface area contributed by atoms with Crippen molar-refractivity contribution in [3.8, 4) is 11.1 Å². The molecule has 4 aromatic rings. The molecule has 0 radical (unpaired) electrons. The summed E-state index contributed by atoms with van der Waals surface area (Å²) < 4.78 is 5.37. The summed E-state index contributed by atoms with van der Waals surface area (Å²) in [5.41, 5.74) is 8.54. The molecule has 1 aliphatic heterocycles. The number of hydrogen-bond acceptors (Lipinski definition) is 3. The highest BCUT2D eigenvalue weighted by Gasteiger charge is 2.27. The first-order valence-corrected chi connectivity index (χ1v) is 9.42. The Morgan fingerprint density at radius 1 is 1.11 bits per heavy atom. The molecule has 0 amide bonds. The summed E-state index contributed by atoms with van der Waals surface area (Å²) in [6.07, 6.45) is 0. The van der Waals surface area contributed by atoms with Gasteiger partial charge in [-0.25, -0.2) is 0 Å². The minimum Gasteiger partial charge on any atom is -0.361 e. The maximum absolute atomic E-state index is 5.37. The van der Waals surface area contributed by atoms with Crippen LogP contribution in [-0.2, 0) is 6.54 Å². The van der Waals surface area contributed by atoms with E-state index < -0.39 is 0 Å². The summed E-state index contributed by atoms with van der Waals surface area (Å²) in [5.74, 6) is 1.23. The van der Waals surface area contributed by atoms with Gasteiger partial charge in [-0.2, -0.15) is 0 Å². The van der Waals surface area contributed by atoms with Crippen molar-refractivity contribution in [1.29, 1.82) is 0 Å². The molecule has 0 bridgehead atoms. The molecule has 4 heteroatoms. The molecule has 0 aliphatic carbocycles. The van der Waals surface area contributed by atoms with Crippen molar-refractivity contribution in [3.63, 3.8) is 0 Å². The van der Waals surface area contributed by atoms with Crippen molar-refractivity contribution in [1.82, 2.24) is 15.0 Å². The van der Waals surface area contributed by atoms with Crippen LogP contribution in [0.25, 0.3) is 22.0 Å². The van der Waals surface area contributed by atoms with Gasteiger partial charge in [0.2, 0.25) is 0 Å². The van der Waals surface area contributed by atoms with Gasteiger partial charge in [-0.15, -0.1) is 0 Å². The topological polar surface area (TPSA) is 45.1 Å². The third kappa shape index (κ3) is 2.68. The molecule has 0 spiro atoms. The molecule has 2 aromatic heterocycles. The molecular weight excluding hydrogens is 334 g/mol. The van der Waals surface area contributed by atoms with Gasteiger partial charge in [0.05, 0.1) is 5.69 Å². The molecule has 1 unspecified atom stereocenters. The number of aromatic amines is 1. The average Bonchev–Trinajstić information content (AvgIpc) is 3.23. The number of aromatic nitrogens is 2. The number of para-hydroxylation sites is 1. The molecule has 27 heavy (non-hydrogen) atoms. The average molecular weight is 357 g/mol. The Kier molecular flexibility index (Phi) is 3.69. The van der Waals surface area contributed by atoms with Crippen LogP contribution in [0.2, 0.25) is 0 Å². The Morgan fingerprint density at radius 3 is 2.74 bits per heavy atom. The second-order valence-corrected chi connectivity index (χ2v) is 7.67. The van der Waals surface area contributed by atoms with Gasteiger partial charge in [0.15, 0.2) is 0 Å². The first-order chi connectivity index (χ1) is 13.1. The minimum absolute atomic E-state index is 0.352. The standard InChI is InChI=1S/C23H23N3O/c1-14-23(15(2)27-25-14)17-8-9-19-18(10-17)12-26(3)13-20(19)22-11-16-6-4-5-7-21(16)24-22/h4-11,20,24H,12-13H2,1-3H3. The molecule has 2 aromatic carbocycles. The largest absolute Gasteiger partial charge is 0.361 e. The fraction of sp³-hybridized carbons (Fsp3) is 0.261. The predicted molar refractivity (Wildman–Crippen MR) is 108 cm³/mol. The molecule has 1 atom stereocenters. The fourth-order valence-electron chi connectivity index (χ4n) is 4.45. The Labute approximate surface area is 158 Å². The predicted octanol–water partition coefficient (Wildman–Crippen LogP) is 5.02. The van der Waals surface area contributed by atoms with E-state index in [-0.39, 0.29) is 0 Å². The Hall–Kier alpha value is -2.85. The molecule has 1 aliphatic rings. The van der Waals surface area contributed by atoms with E-state index in [1.807, 2.05) is 13.8 Å². The third-order valence-corrected chi connectivity index (χ3v) is 5.70. The number of fused-ring (bicyclic) bond motifs is 2.